The van der Waals surface area contributed by atoms with Gasteiger partial charge in [-0.15, -0.1) is 5.10 Å². The van der Waals surface area contributed by atoms with Gasteiger partial charge < -0.3 is 22.0 Å². The first-order valence-electron chi connectivity index (χ1n) is 4.46. The molecule has 0 fully saturated rings. The van der Waals surface area contributed by atoms with Gasteiger partial charge in [-0.05, 0) is 12.1 Å². The number of carbonyl (C=O) groups excluding carboxylic acids is 1. The summed E-state index contributed by atoms with van der Waals surface area (Å²) >= 11 is 1.82. The first-order chi connectivity index (χ1) is 8.40. The topological polar surface area (TPSA) is 80.9 Å². The first-order valence-corrected chi connectivity index (χ1v) is 6.70. The Balaban J connectivity index is 0.000000917. The maximum absolute atomic E-state index is 10.1. The molecule has 0 radical (unpaired) electrons. The average Bonchev–Trinajstić information content (AvgIpc) is 2.88. The number of rotatable bonds is 4. The Bertz CT molecular complexity index is 452. The van der Waals surface area contributed by atoms with E-state index in [0.29, 0.717) is 17.9 Å². The van der Waals surface area contributed by atoms with Crippen molar-refractivity contribution in [3.8, 4) is 11.6 Å². The van der Waals surface area contributed by atoms with Gasteiger partial charge in [0, 0.05) is 6.20 Å². The summed E-state index contributed by atoms with van der Waals surface area (Å²) < 4.78 is 5.22. The second-order valence-corrected chi connectivity index (χ2v) is 2.67. The number of aromatic nitrogens is 3. The van der Waals surface area contributed by atoms with Gasteiger partial charge in [0.2, 0.25) is 0 Å². The summed E-state index contributed by atoms with van der Waals surface area (Å²) in [6, 6.07) is 5.59. The van der Waals surface area contributed by atoms with Crippen molar-refractivity contribution in [3.05, 3.63) is 31.8 Å². The average molecular weight is 356 g/mol. The van der Waals surface area contributed by atoms with Crippen LogP contribution in [0.1, 0.15) is 0 Å². The van der Waals surface area contributed by atoms with Crippen LogP contribution in [0.3, 0.4) is 0 Å². The standard InChI is InChI=1S/C9H8N4O2.CH3.ClH.Ru/c14-6-5-11-9-13-12-8(15-9)7-3-1-2-4-10-7;;;/h1-4,6H,5H2,(H,11,13);1H3;1H;/q;-1;;+2/p-1. The molecule has 0 aliphatic heterocycles. The number of nitrogens with zero attached hydrogens (tertiary/aromatic N) is 3. The van der Waals surface area contributed by atoms with Crippen molar-refractivity contribution in [3.63, 3.8) is 0 Å². The molecule has 0 unspecified atom stereocenters. The maximum atomic E-state index is 10.1. The SMILES string of the molecule is O=CCNc1nnc(-c2ccccn2)o1.[CH3-].[Cl][Ru+]. The molecular formula is C10H11ClN4O2Ru. The molecule has 1 N–H and O–H groups in total. The summed E-state index contributed by atoms with van der Waals surface area (Å²) in [7, 11) is 4.57. The molecule has 2 rings (SSSR count). The van der Waals surface area contributed by atoms with Crippen molar-refractivity contribution in [1.29, 1.82) is 0 Å². The number of carbonyl (C=O) groups is 1. The van der Waals surface area contributed by atoms with Gasteiger partial charge in [-0.3, -0.25) is 4.98 Å². The molecule has 2 aromatic heterocycles. The zero-order valence-corrected chi connectivity index (χ0v) is 12.0. The normalized spacial score (nSPS) is 8.56. The number of hydrogen-bond acceptors (Lipinski definition) is 6. The van der Waals surface area contributed by atoms with Crippen LogP contribution in [0, 0.1) is 7.43 Å². The number of halogens is 1. The molecule has 0 atom stereocenters. The molecule has 0 aliphatic carbocycles. The molecule has 0 saturated carbocycles. The fourth-order valence-corrected chi connectivity index (χ4v) is 1.02. The van der Waals surface area contributed by atoms with Crippen molar-refractivity contribution in [2.24, 2.45) is 0 Å². The van der Waals surface area contributed by atoms with E-state index in [9.17, 15) is 4.79 Å². The minimum atomic E-state index is 0. The molecule has 0 aliphatic rings. The number of aldehydes is 1. The van der Waals surface area contributed by atoms with Crippen LogP contribution in [0.2, 0.25) is 0 Å². The number of nitrogens with one attached hydrogen (secondary N) is 1. The predicted molar refractivity (Wildman–Crippen MR) is 64.3 cm³/mol. The summed E-state index contributed by atoms with van der Waals surface area (Å²) in [4.78, 5) is 14.1. The number of anilines is 1. The van der Waals surface area contributed by atoms with E-state index in [0.717, 1.165) is 0 Å². The molecule has 0 aromatic carbocycles. The predicted octanol–water partition coefficient (Wildman–Crippen LogP) is 1.88. The molecule has 8 heteroatoms. The third kappa shape index (κ3) is 4.90. The van der Waals surface area contributed by atoms with Crippen LogP contribution in [-0.2, 0) is 22.1 Å². The van der Waals surface area contributed by atoms with E-state index in [-0.39, 0.29) is 20.0 Å². The van der Waals surface area contributed by atoms with Crippen molar-refractivity contribution in [1.82, 2.24) is 15.2 Å². The van der Waals surface area contributed by atoms with E-state index in [1.165, 1.54) is 0 Å². The van der Waals surface area contributed by atoms with Gasteiger partial charge in [-0.25, -0.2) is 0 Å². The Kier molecular flexibility index (Phi) is 8.96. The van der Waals surface area contributed by atoms with Crippen molar-refractivity contribution < 1.29 is 26.5 Å². The summed E-state index contributed by atoms with van der Waals surface area (Å²) in [6.07, 6.45) is 2.35. The quantitative estimate of drug-likeness (QED) is 0.512. The van der Waals surface area contributed by atoms with Crippen LogP contribution < -0.4 is 5.32 Å². The fraction of sp³-hybridized carbons (Fsp3) is 0.100. The molecule has 2 heterocycles. The Hall–Kier alpha value is -1.33. The van der Waals surface area contributed by atoms with E-state index >= 15 is 0 Å². The van der Waals surface area contributed by atoms with Crippen LogP contribution in [0.5, 0.6) is 0 Å². The minimum absolute atomic E-state index is 0. The van der Waals surface area contributed by atoms with E-state index in [1.807, 2.05) is 23.4 Å². The Morgan fingerprint density at radius 3 is 2.78 bits per heavy atom. The van der Waals surface area contributed by atoms with Crippen molar-refractivity contribution in [2.75, 3.05) is 11.9 Å². The van der Waals surface area contributed by atoms with E-state index in [2.05, 4.69) is 30.2 Å². The van der Waals surface area contributed by atoms with Crippen molar-refractivity contribution >= 4 is 22.0 Å². The van der Waals surface area contributed by atoms with Gasteiger partial charge in [0.25, 0.3) is 5.89 Å². The Morgan fingerprint density at radius 2 is 2.17 bits per heavy atom. The molecule has 2 aromatic rings. The summed E-state index contributed by atoms with van der Waals surface area (Å²) in [5.74, 6) is 0.323. The second-order valence-electron chi connectivity index (χ2n) is 2.67. The summed E-state index contributed by atoms with van der Waals surface area (Å²) in [5.41, 5.74) is 0.601. The summed E-state index contributed by atoms with van der Waals surface area (Å²) in [5, 5.41) is 10.1. The molecule has 0 saturated heterocycles. The van der Waals surface area contributed by atoms with Gasteiger partial charge in [-0.2, -0.15) is 0 Å². The number of pyridine rings is 1. The summed E-state index contributed by atoms with van der Waals surface area (Å²) in [6.45, 7) is 0.143. The van der Waals surface area contributed by atoms with E-state index < -0.39 is 0 Å². The van der Waals surface area contributed by atoms with Crippen LogP contribution in [-0.4, -0.2) is 28.0 Å². The molecular weight excluding hydrogens is 345 g/mol. The molecule has 0 bridgehead atoms. The monoisotopic (exact) mass is 356 g/mol. The number of hydrogen-bond donors (Lipinski definition) is 1. The fourth-order valence-electron chi connectivity index (χ4n) is 1.02. The molecule has 6 nitrogen and oxygen atoms in total. The van der Waals surface area contributed by atoms with E-state index in [4.69, 9.17) is 4.42 Å². The van der Waals surface area contributed by atoms with Gasteiger partial charge in [0.05, 0.1) is 6.54 Å². The van der Waals surface area contributed by atoms with Gasteiger partial charge >= 0.3 is 33.0 Å². The van der Waals surface area contributed by atoms with Gasteiger partial charge in [0.1, 0.15) is 12.0 Å². The van der Waals surface area contributed by atoms with Gasteiger partial charge in [-0.1, -0.05) is 11.2 Å². The third-order valence-corrected chi connectivity index (χ3v) is 1.65. The van der Waals surface area contributed by atoms with Crippen molar-refractivity contribution in [2.45, 2.75) is 0 Å². The zero-order valence-electron chi connectivity index (χ0n) is 9.48. The molecule has 18 heavy (non-hydrogen) atoms. The van der Waals surface area contributed by atoms with Gasteiger partial charge in [0.15, 0.2) is 0 Å². The molecule has 0 amide bonds. The van der Waals surface area contributed by atoms with Crippen LogP contribution in [0.15, 0.2) is 28.8 Å². The second kappa shape index (κ2) is 9.68. The third-order valence-electron chi connectivity index (χ3n) is 1.65. The van der Waals surface area contributed by atoms with Crippen LogP contribution in [0.4, 0.5) is 6.01 Å². The van der Waals surface area contributed by atoms with Crippen LogP contribution >= 0.6 is 9.69 Å². The van der Waals surface area contributed by atoms with Crippen LogP contribution in [0.25, 0.3) is 11.6 Å². The van der Waals surface area contributed by atoms with E-state index in [1.54, 1.807) is 18.3 Å². The Labute approximate surface area is 119 Å². The first kappa shape index (κ1) is 16.7. The Morgan fingerprint density at radius 1 is 1.39 bits per heavy atom. The molecule has 98 valence electrons. The zero-order chi connectivity index (χ0) is 12.5. The molecule has 0 spiro atoms.